The van der Waals surface area contributed by atoms with Crippen molar-refractivity contribution < 1.29 is 4.74 Å². The van der Waals surface area contributed by atoms with Crippen molar-refractivity contribution in [1.29, 1.82) is 0 Å². The molecule has 0 fully saturated rings. The Morgan fingerprint density at radius 2 is 1.63 bits per heavy atom. The molecule has 0 bridgehead atoms. The standard InChI is InChI=1S/C19H15N5O3/c1-23-18(25)15-17(21-19(23)26)24(13-6-4-3-5-7-13)22-16(20-15)12-8-10-14(27-2)11-9-12/h3-11H,1-2H3. The summed E-state index contributed by atoms with van der Waals surface area (Å²) in [5.41, 5.74) is 0.266. The summed E-state index contributed by atoms with van der Waals surface area (Å²) in [6, 6.07) is 16.3. The van der Waals surface area contributed by atoms with E-state index in [1.54, 1.807) is 31.4 Å². The third-order valence-electron chi connectivity index (χ3n) is 4.17. The third kappa shape index (κ3) is 2.86. The van der Waals surface area contributed by atoms with Gasteiger partial charge in [-0.05, 0) is 36.4 Å². The lowest BCUT2D eigenvalue weighted by atomic mass is 10.2. The molecule has 2 heterocycles. The van der Waals surface area contributed by atoms with Gasteiger partial charge in [0.15, 0.2) is 17.3 Å². The number of benzene rings is 2. The van der Waals surface area contributed by atoms with Gasteiger partial charge in [0, 0.05) is 12.6 Å². The van der Waals surface area contributed by atoms with Crippen LogP contribution in [0.5, 0.6) is 5.75 Å². The van der Waals surface area contributed by atoms with Crippen LogP contribution in [0, 0.1) is 0 Å². The topological polar surface area (TPSA) is 91.9 Å². The summed E-state index contributed by atoms with van der Waals surface area (Å²) >= 11 is 0. The van der Waals surface area contributed by atoms with Gasteiger partial charge in [-0.15, -0.1) is 5.10 Å². The van der Waals surface area contributed by atoms with Gasteiger partial charge in [-0.1, -0.05) is 18.2 Å². The summed E-state index contributed by atoms with van der Waals surface area (Å²) < 4.78 is 7.57. The number of hydrogen-bond acceptors (Lipinski definition) is 6. The van der Waals surface area contributed by atoms with Gasteiger partial charge in [0.05, 0.1) is 12.8 Å². The van der Waals surface area contributed by atoms with Crippen LogP contribution in [0.15, 0.2) is 64.2 Å². The van der Waals surface area contributed by atoms with Crippen LogP contribution in [-0.4, -0.2) is 31.4 Å². The molecule has 8 nitrogen and oxygen atoms in total. The molecule has 0 spiro atoms. The number of para-hydroxylation sites is 1. The fraction of sp³-hybridized carbons (Fsp3) is 0.105. The molecule has 8 heteroatoms. The maximum atomic E-state index is 12.6. The molecule has 134 valence electrons. The van der Waals surface area contributed by atoms with Crippen molar-refractivity contribution in [3.05, 3.63) is 75.4 Å². The SMILES string of the molecule is COc1ccc(-c2nc3c(=O)n(C)c(=O)nc-3n(-c3ccccc3)n2)cc1. The molecule has 2 aliphatic rings. The minimum Gasteiger partial charge on any atom is -0.497 e. The van der Waals surface area contributed by atoms with Crippen LogP contribution in [0.2, 0.25) is 0 Å². The molecule has 0 N–H and O–H groups in total. The van der Waals surface area contributed by atoms with Gasteiger partial charge >= 0.3 is 5.69 Å². The second-order valence-electron chi connectivity index (χ2n) is 5.84. The molecule has 0 saturated carbocycles. The smallest absolute Gasteiger partial charge is 0.352 e. The van der Waals surface area contributed by atoms with Crippen LogP contribution >= 0.6 is 0 Å². The largest absolute Gasteiger partial charge is 0.497 e. The fourth-order valence-corrected chi connectivity index (χ4v) is 2.69. The predicted molar refractivity (Wildman–Crippen MR) is 99.3 cm³/mol. The van der Waals surface area contributed by atoms with Crippen LogP contribution in [0.25, 0.3) is 28.6 Å². The fourth-order valence-electron chi connectivity index (χ4n) is 2.69. The first-order chi connectivity index (χ1) is 13.1. The molecule has 2 aromatic carbocycles. The van der Waals surface area contributed by atoms with E-state index in [1.165, 1.54) is 11.7 Å². The highest BCUT2D eigenvalue weighted by atomic mass is 16.5. The van der Waals surface area contributed by atoms with Crippen molar-refractivity contribution in [2.24, 2.45) is 7.05 Å². The van der Waals surface area contributed by atoms with Gasteiger partial charge in [-0.25, -0.2) is 14.5 Å². The summed E-state index contributed by atoms with van der Waals surface area (Å²) in [4.78, 5) is 33.0. The van der Waals surface area contributed by atoms with Gasteiger partial charge in [0.2, 0.25) is 0 Å². The van der Waals surface area contributed by atoms with Gasteiger partial charge in [-0.3, -0.25) is 9.36 Å². The van der Waals surface area contributed by atoms with E-state index in [1.807, 2.05) is 30.3 Å². The summed E-state index contributed by atoms with van der Waals surface area (Å²) in [7, 11) is 2.96. The molecule has 0 amide bonds. The van der Waals surface area contributed by atoms with Crippen molar-refractivity contribution in [2.45, 2.75) is 0 Å². The number of aromatic nitrogens is 5. The second kappa shape index (κ2) is 6.49. The number of methoxy groups -OCH3 is 1. The van der Waals surface area contributed by atoms with Crippen LogP contribution in [0.1, 0.15) is 0 Å². The normalized spacial score (nSPS) is 10.9. The van der Waals surface area contributed by atoms with E-state index >= 15 is 0 Å². The Morgan fingerprint density at radius 3 is 2.30 bits per heavy atom. The number of ether oxygens (including phenoxy) is 1. The highest BCUT2D eigenvalue weighted by molar-refractivity contribution is 5.61. The molecule has 27 heavy (non-hydrogen) atoms. The number of nitrogens with zero attached hydrogens (tertiary/aromatic N) is 5. The molecule has 0 radical (unpaired) electrons. The maximum Gasteiger partial charge on any atom is 0.352 e. The van der Waals surface area contributed by atoms with Crippen molar-refractivity contribution in [2.75, 3.05) is 7.11 Å². The maximum absolute atomic E-state index is 12.6. The molecular weight excluding hydrogens is 346 g/mol. The number of rotatable bonds is 3. The second-order valence-corrected chi connectivity index (χ2v) is 5.84. The molecule has 0 atom stereocenters. The highest BCUT2D eigenvalue weighted by Gasteiger charge is 2.21. The lowest BCUT2D eigenvalue weighted by Crippen LogP contribution is -2.37. The van der Waals surface area contributed by atoms with Crippen LogP contribution < -0.4 is 16.0 Å². The van der Waals surface area contributed by atoms with E-state index < -0.39 is 11.2 Å². The first-order valence-electron chi connectivity index (χ1n) is 8.16. The lowest BCUT2D eigenvalue weighted by Gasteiger charge is -2.14. The summed E-state index contributed by atoms with van der Waals surface area (Å²) in [6.07, 6.45) is 0. The average Bonchev–Trinajstić information content (AvgIpc) is 2.72. The molecule has 2 aliphatic heterocycles. The van der Waals surface area contributed by atoms with E-state index in [4.69, 9.17) is 4.74 Å². The molecule has 0 aliphatic carbocycles. The zero-order valence-corrected chi connectivity index (χ0v) is 14.7. The Labute approximate surface area is 153 Å². The summed E-state index contributed by atoms with van der Waals surface area (Å²) in [6.45, 7) is 0. The zero-order chi connectivity index (χ0) is 19.0. The third-order valence-corrected chi connectivity index (χ3v) is 4.17. The van der Waals surface area contributed by atoms with E-state index in [-0.39, 0.29) is 11.5 Å². The van der Waals surface area contributed by atoms with Crippen LogP contribution in [0.3, 0.4) is 0 Å². The highest BCUT2D eigenvalue weighted by Crippen LogP contribution is 2.23. The molecule has 0 saturated heterocycles. The lowest BCUT2D eigenvalue weighted by molar-refractivity contribution is 0.415. The van der Waals surface area contributed by atoms with Gasteiger partial charge in [0.25, 0.3) is 5.56 Å². The van der Waals surface area contributed by atoms with E-state index in [0.29, 0.717) is 22.8 Å². The monoisotopic (exact) mass is 361 g/mol. The van der Waals surface area contributed by atoms with E-state index in [2.05, 4.69) is 15.1 Å². The molecule has 0 aromatic heterocycles. The first-order valence-corrected chi connectivity index (χ1v) is 8.16. The first kappa shape index (κ1) is 16.6. The van der Waals surface area contributed by atoms with Gasteiger partial charge in [-0.2, -0.15) is 4.98 Å². The molecule has 4 rings (SSSR count). The van der Waals surface area contributed by atoms with Crippen LogP contribution in [0.4, 0.5) is 0 Å². The quantitative estimate of drug-likeness (QED) is 0.549. The summed E-state index contributed by atoms with van der Waals surface area (Å²) in [5.74, 6) is 1.15. The number of hydrogen-bond donors (Lipinski definition) is 0. The Balaban J connectivity index is 2.05. The minimum atomic E-state index is -0.655. The zero-order valence-electron chi connectivity index (χ0n) is 14.7. The summed E-state index contributed by atoms with van der Waals surface area (Å²) in [5, 5.41) is 4.52. The van der Waals surface area contributed by atoms with Gasteiger partial charge < -0.3 is 4.74 Å². The molecular formula is C19H15N5O3. The minimum absolute atomic E-state index is 0.0711. The van der Waals surface area contributed by atoms with E-state index in [0.717, 1.165) is 4.57 Å². The van der Waals surface area contributed by atoms with Crippen molar-refractivity contribution in [3.8, 4) is 34.3 Å². The Hall–Kier alpha value is -3.81. The molecule has 2 aromatic rings. The predicted octanol–water partition coefficient (Wildman–Crippen LogP) is 1.50. The number of fused-ring (bicyclic) bond motifs is 1. The van der Waals surface area contributed by atoms with Crippen molar-refractivity contribution >= 4 is 0 Å². The van der Waals surface area contributed by atoms with Gasteiger partial charge in [0.1, 0.15) is 5.75 Å². The Kier molecular flexibility index (Phi) is 4.00. The van der Waals surface area contributed by atoms with E-state index in [9.17, 15) is 9.59 Å². The Morgan fingerprint density at radius 1 is 0.926 bits per heavy atom. The van der Waals surface area contributed by atoms with Crippen molar-refractivity contribution in [1.82, 2.24) is 24.3 Å². The van der Waals surface area contributed by atoms with Crippen LogP contribution in [-0.2, 0) is 7.05 Å². The molecule has 0 unspecified atom stereocenters. The Bertz CT molecular complexity index is 1200. The van der Waals surface area contributed by atoms with Crippen molar-refractivity contribution in [3.63, 3.8) is 0 Å². The average molecular weight is 361 g/mol.